The number of rotatable bonds is 6. The molecule has 0 N–H and O–H groups in total. The van der Waals surface area contributed by atoms with Crippen molar-refractivity contribution in [1.29, 1.82) is 0 Å². The van der Waals surface area contributed by atoms with Gasteiger partial charge in [-0.05, 0) is 31.7 Å². The summed E-state index contributed by atoms with van der Waals surface area (Å²) >= 11 is 0. The Labute approximate surface area is 178 Å². The average Bonchev–Trinajstić information content (AvgIpc) is 3.31. The maximum atomic E-state index is 13.2. The van der Waals surface area contributed by atoms with Gasteiger partial charge in [-0.15, -0.1) is 0 Å². The normalized spacial score (nSPS) is 25.0. The van der Waals surface area contributed by atoms with E-state index in [9.17, 15) is 9.59 Å². The van der Waals surface area contributed by atoms with Gasteiger partial charge in [0.25, 0.3) is 0 Å². The van der Waals surface area contributed by atoms with Crippen molar-refractivity contribution in [3.8, 4) is 0 Å². The molecule has 164 valence electrons. The van der Waals surface area contributed by atoms with Crippen molar-refractivity contribution in [1.82, 2.24) is 14.7 Å². The summed E-state index contributed by atoms with van der Waals surface area (Å²) in [6, 6.07) is 8.40. The predicted octanol–water partition coefficient (Wildman–Crippen LogP) is 2.07. The van der Waals surface area contributed by atoms with Crippen molar-refractivity contribution >= 4 is 11.9 Å². The summed E-state index contributed by atoms with van der Waals surface area (Å²) in [5.74, 6) is 0.174. The van der Waals surface area contributed by atoms with Gasteiger partial charge in [0.1, 0.15) is 0 Å². The van der Waals surface area contributed by atoms with E-state index in [4.69, 9.17) is 9.47 Å². The smallest absolute Gasteiger partial charge is 0.321 e. The van der Waals surface area contributed by atoms with Gasteiger partial charge in [-0.25, -0.2) is 4.79 Å². The first-order valence-electron chi connectivity index (χ1n) is 11.0. The molecule has 1 aromatic rings. The van der Waals surface area contributed by atoms with Crippen LogP contribution in [0.3, 0.4) is 0 Å². The minimum absolute atomic E-state index is 0.0992. The second-order valence-electron chi connectivity index (χ2n) is 8.87. The van der Waals surface area contributed by atoms with Crippen LogP contribution in [-0.4, -0.2) is 91.3 Å². The van der Waals surface area contributed by atoms with Crippen molar-refractivity contribution < 1.29 is 19.1 Å². The van der Waals surface area contributed by atoms with Crippen LogP contribution in [0.25, 0.3) is 0 Å². The number of benzene rings is 1. The highest BCUT2D eigenvalue weighted by Crippen LogP contribution is 2.38. The molecule has 0 radical (unpaired) electrons. The highest BCUT2D eigenvalue weighted by molar-refractivity contribution is 5.80. The van der Waals surface area contributed by atoms with Gasteiger partial charge in [-0.2, -0.15) is 0 Å². The summed E-state index contributed by atoms with van der Waals surface area (Å²) in [5, 5.41) is 0. The van der Waals surface area contributed by atoms with Crippen LogP contribution >= 0.6 is 0 Å². The van der Waals surface area contributed by atoms with E-state index in [1.807, 2.05) is 34.9 Å². The first-order chi connectivity index (χ1) is 14.5. The molecule has 3 fully saturated rings. The van der Waals surface area contributed by atoms with Crippen LogP contribution < -0.4 is 0 Å². The van der Waals surface area contributed by atoms with Gasteiger partial charge in [0.05, 0.1) is 25.2 Å². The van der Waals surface area contributed by atoms with Gasteiger partial charge in [0.2, 0.25) is 5.91 Å². The number of likely N-dealkylation sites (tertiary alicyclic amines) is 1. The lowest BCUT2D eigenvalue weighted by Gasteiger charge is -2.42. The van der Waals surface area contributed by atoms with Crippen molar-refractivity contribution in [2.24, 2.45) is 0 Å². The Morgan fingerprint density at radius 1 is 1.30 bits per heavy atom. The number of piperidine rings is 1. The molecule has 7 heteroatoms. The lowest BCUT2D eigenvalue weighted by atomic mass is 9.92. The zero-order valence-electron chi connectivity index (χ0n) is 18.1. The number of hydrogen-bond donors (Lipinski definition) is 0. The summed E-state index contributed by atoms with van der Waals surface area (Å²) in [6.07, 6.45) is 2.97. The van der Waals surface area contributed by atoms with Crippen molar-refractivity contribution in [2.45, 2.75) is 44.2 Å². The Kier molecular flexibility index (Phi) is 6.29. The molecular weight excluding hydrogens is 382 g/mol. The molecule has 3 aliphatic rings. The van der Waals surface area contributed by atoms with E-state index in [1.54, 1.807) is 7.11 Å². The van der Waals surface area contributed by atoms with Gasteiger partial charge < -0.3 is 24.2 Å². The number of ether oxygens (including phenoxy) is 2. The Morgan fingerprint density at radius 3 is 2.77 bits per heavy atom. The summed E-state index contributed by atoms with van der Waals surface area (Å²) in [6.45, 7) is 6.63. The monoisotopic (exact) mass is 415 g/mol. The topological polar surface area (TPSA) is 62.3 Å². The summed E-state index contributed by atoms with van der Waals surface area (Å²) in [5.41, 5.74) is 2.02. The third-order valence-electron chi connectivity index (χ3n) is 6.74. The molecule has 1 unspecified atom stereocenters. The third-order valence-corrected chi connectivity index (χ3v) is 6.74. The van der Waals surface area contributed by atoms with Crippen LogP contribution in [0.4, 0.5) is 4.79 Å². The van der Waals surface area contributed by atoms with Crippen LogP contribution in [0.2, 0.25) is 0 Å². The quantitative estimate of drug-likeness (QED) is 0.714. The van der Waals surface area contributed by atoms with Gasteiger partial charge in [0.15, 0.2) is 0 Å². The Bertz CT molecular complexity index is 769. The first kappa shape index (κ1) is 21.1. The fourth-order valence-corrected chi connectivity index (χ4v) is 5.17. The van der Waals surface area contributed by atoms with Crippen molar-refractivity contribution in [2.75, 3.05) is 53.1 Å². The fourth-order valence-electron chi connectivity index (χ4n) is 5.17. The largest absolute Gasteiger partial charge is 0.383 e. The number of aryl methyl sites for hydroxylation is 1. The van der Waals surface area contributed by atoms with Crippen LogP contribution in [0, 0.1) is 6.92 Å². The summed E-state index contributed by atoms with van der Waals surface area (Å²) < 4.78 is 10.9. The fraction of sp³-hybridized carbons (Fsp3) is 0.652. The van der Waals surface area contributed by atoms with Crippen LogP contribution in [0.1, 0.15) is 30.4 Å². The second kappa shape index (κ2) is 8.94. The molecule has 4 rings (SSSR count). The van der Waals surface area contributed by atoms with E-state index >= 15 is 0 Å². The van der Waals surface area contributed by atoms with Crippen LogP contribution in [0.15, 0.2) is 24.3 Å². The molecule has 1 spiro atoms. The molecule has 30 heavy (non-hydrogen) atoms. The van der Waals surface area contributed by atoms with Gasteiger partial charge in [-0.1, -0.05) is 29.8 Å². The third kappa shape index (κ3) is 4.18. The number of carbonyl (C=O) groups is 2. The predicted molar refractivity (Wildman–Crippen MR) is 113 cm³/mol. The molecule has 7 nitrogen and oxygen atoms in total. The lowest BCUT2D eigenvalue weighted by Crippen LogP contribution is -2.56. The van der Waals surface area contributed by atoms with Gasteiger partial charge in [0, 0.05) is 45.9 Å². The molecule has 0 aromatic heterocycles. The lowest BCUT2D eigenvalue weighted by molar-refractivity contribution is -0.132. The Balaban J connectivity index is 1.38. The van der Waals surface area contributed by atoms with Crippen LogP contribution in [0.5, 0.6) is 0 Å². The maximum Gasteiger partial charge on any atom is 0.321 e. The maximum absolute atomic E-state index is 13.2. The SMILES string of the molecule is COCCN1CC2(CCOC2)N(C2CCN(C(=O)Cc3cccc(C)c3)CC2)C1=O. The Hall–Kier alpha value is -2.12. The summed E-state index contributed by atoms with van der Waals surface area (Å²) in [4.78, 5) is 32.0. The van der Waals surface area contributed by atoms with Crippen molar-refractivity contribution in [3.05, 3.63) is 35.4 Å². The standard InChI is InChI=1S/C23H33N3O4/c1-18-4-3-5-19(14-18)15-21(27)24-9-6-20(7-10-24)26-22(28)25(11-13-29-2)16-23(26)8-12-30-17-23/h3-5,14,20H,6-13,15-17H2,1-2H3. The molecule has 0 saturated carbocycles. The molecule has 3 heterocycles. The average molecular weight is 416 g/mol. The number of nitrogens with zero attached hydrogens (tertiary/aromatic N) is 3. The molecule has 1 aromatic carbocycles. The minimum atomic E-state index is -0.219. The van der Waals surface area contributed by atoms with E-state index in [0.29, 0.717) is 52.4 Å². The Morgan fingerprint density at radius 2 is 2.10 bits per heavy atom. The molecular formula is C23H33N3O4. The van der Waals surface area contributed by atoms with Gasteiger partial charge in [-0.3, -0.25) is 4.79 Å². The number of methoxy groups -OCH3 is 1. The molecule has 3 amide bonds. The number of urea groups is 1. The minimum Gasteiger partial charge on any atom is -0.383 e. The van der Waals surface area contributed by atoms with Crippen LogP contribution in [-0.2, 0) is 20.7 Å². The van der Waals surface area contributed by atoms with E-state index in [2.05, 4.69) is 11.0 Å². The molecule has 3 aliphatic heterocycles. The molecule has 0 aliphatic carbocycles. The molecule has 3 saturated heterocycles. The highest BCUT2D eigenvalue weighted by atomic mass is 16.5. The zero-order chi connectivity index (χ0) is 21.1. The summed E-state index contributed by atoms with van der Waals surface area (Å²) in [7, 11) is 1.66. The van der Waals surface area contributed by atoms with E-state index < -0.39 is 0 Å². The first-order valence-corrected chi connectivity index (χ1v) is 11.0. The highest BCUT2D eigenvalue weighted by Gasteiger charge is 2.54. The zero-order valence-corrected chi connectivity index (χ0v) is 18.1. The number of carbonyl (C=O) groups excluding carboxylic acids is 2. The van der Waals surface area contributed by atoms with E-state index in [0.717, 1.165) is 24.8 Å². The van der Waals surface area contributed by atoms with Gasteiger partial charge >= 0.3 is 6.03 Å². The molecule has 0 bridgehead atoms. The molecule has 1 atom stereocenters. The second-order valence-corrected chi connectivity index (χ2v) is 8.87. The van der Waals surface area contributed by atoms with Crippen molar-refractivity contribution in [3.63, 3.8) is 0 Å². The number of amides is 3. The van der Waals surface area contributed by atoms with E-state index in [-0.39, 0.29) is 23.5 Å². The number of hydrogen-bond acceptors (Lipinski definition) is 4. The van der Waals surface area contributed by atoms with E-state index in [1.165, 1.54) is 5.56 Å².